The van der Waals surface area contributed by atoms with E-state index in [4.69, 9.17) is 0 Å². The molecule has 2 N–H and O–H groups in total. The molecule has 0 saturated carbocycles. The molecular formula is C17H13F3N4O3S. The molecule has 0 aliphatic carbocycles. The lowest BCUT2D eigenvalue weighted by atomic mass is 10.1. The van der Waals surface area contributed by atoms with Gasteiger partial charge in [-0.1, -0.05) is 17.8 Å². The predicted octanol–water partition coefficient (Wildman–Crippen LogP) is 4.53. The van der Waals surface area contributed by atoms with Crippen LogP contribution in [0.15, 0.2) is 41.6 Å². The van der Waals surface area contributed by atoms with Crippen molar-refractivity contribution in [2.45, 2.75) is 18.3 Å². The number of fused-ring (bicyclic) bond motifs is 1. The second kappa shape index (κ2) is 7.50. The van der Waals surface area contributed by atoms with Crippen molar-refractivity contribution in [3.8, 4) is 0 Å². The molecule has 146 valence electrons. The summed E-state index contributed by atoms with van der Waals surface area (Å²) in [5.41, 5.74) is 0.00428. The van der Waals surface area contributed by atoms with Gasteiger partial charge in [0.1, 0.15) is 0 Å². The highest BCUT2D eigenvalue weighted by Crippen LogP contribution is 2.37. The van der Waals surface area contributed by atoms with Crippen LogP contribution in [-0.4, -0.2) is 26.6 Å². The number of nitrogens with zero attached hydrogens (tertiary/aromatic N) is 2. The first-order valence-corrected chi connectivity index (χ1v) is 8.87. The van der Waals surface area contributed by atoms with E-state index < -0.39 is 33.9 Å². The Kier molecular flexibility index (Phi) is 5.27. The molecule has 1 heterocycles. The number of carbonyl (C=O) groups excluding carboxylic acids is 1. The summed E-state index contributed by atoms with van der Waals surface area (Å²) in [6.45, 7) is 1.92. The van der Waals surface area contributed by atoms with Gasteiger partial charge in [-0.05, 0) is 30.7 Å². The summed E-state index contributed by atoms with van der Waals surface area (Å²) in [5, 5.41) is 13.3. The van der Waals surface area contributed by atoms with Crippen LogP contribution in [-0.2, 0) is 11.0 Å². The number of carbonyl (C=O) groups is 1. The molecule has 0 radical (unpaired) electrons. The molecular weight excluding hydrogens is 397 g/mol. The molecule has 1 amide bonds. The highest BCUT2D eigenvalue weighted by atomic mass is 32.2. The van der Waals surface area contributed by atoms with Crippen molar-refractivity contribution < 1.29 is 22.9 Å². The molecule has 0 unspecified atom stereocenters. The molecule has 0 spiro atoms. The van der Waals surface area contributed by atoms with Crippen molar-refractivity contribution in [1.82, 2.24) is 9.97 Å². The number of nitro benzene ring substituents is 1. The number of alkyl halides is 3. The molecule has 1 aromatic heterocycles. The highest BCUT2D eigenvalue weighted by Gasteiger charge is 2.35. The number of thioether (sulfide) groups is 1. The summed E-state index contributed by atoms with van der Waals surface area (Å²) in [6, 6.07) is 7.76. The zero-order valence-electron chi connectivity index (χ0n) is 14.3. The fraction of sp³-hybridized carbons (Fsp3) is 0.176. The van der Waals surface area contributed by atoms with Crippen LogP contribution in [0.25, 0.3) is 11.0 Å². The third-order valence-electron chi connectivity index (χ3n) is 3.75. The minimum atomic E-state index is -4.85. The van der Waals surface area contributed by atoms with E-state index in [9.17, 15) is 28.1 Å². The number of aryl methyl sites for hydroxylation is 1. The number of imidazole rings is 1. The summed E-state index contributed by atoms with van der Waals surface area (Å²) >= 11 is 1.03. The molecule has 0 fully saturated rings. The van der Waals surface area contributed by atoms with Crippen molar-refractivity contribution >= 4 is 40.1 Å². The quantitative estimate of drug-likeness (QED) is 0.366. The van der Waals surface area contributed by atoms with E-state index in [0.717, 1.165) is 35.0 Å². The molecule has 0 aliphatic rings. The number of halogens is 3. The number of nitrogens with one attached hydrogen (secondary N) is 2. The van der Waals surface area contributed by atoms with Crippen molar-refractivity contribution in [2.75, 3.05) is 11.1 Å². The van der Waals surface area contributed by atoms with Gasteiger partial charge in [-0.2, -0.15) is 13.2 Å². The Hall–Kier alpha value is -3.08. The van der Waals surface area contributed by atoms with Crippen LogP contribution in [0.2, 0.25) is 0 Å². The first-order chi connectivity index (χ1) is 13.1. The smallest absolute Gasteiger partial charge is 0.333 e. The van der Waals surface area contributed by atoms with E-state index in [0.29, 0.717) is 16.7 Å². The number of hydrogen-bond acceptors (Lipinski definition) is 5. The van der Waals surface area contributed by atoms with Crippen molar-refractivity contribution in [3.63, 3.8) is 0 Å². The van der Waals surface area contributed by atoms with Crippen molar-refractivity contribution in [2.24, 2.45) is 0 Å². The molecule has 0 saturated heterocycles. The van der Waals surface area contributed by atoms with E-state index in [1.54, 1.807) is 0 Å². The number of aromatic nitrogens is 2. The molecule has 0 aliphatic heterocycles. The number of benzene rings is 2. The number of anilines is 1. The number of nitro groups is 1. The van der Waals surface area contributed by atoms with Crippen LogP contribution in [0.3, 0.4) is 0 Å². The lowest BCUT2D eigenvalue weighted by Crippen LogP contribution is -2.18. The van der Waals surface area contributed by atoms with Crippen molar-refractivity contribution in [3.05, 3.63) is 57.6 Å². The van der Waals surface area contributed by atoms with Crippen LogP contribution < -0.4 is 5.32 Å². The monoisotopic (exact) mass is 410 g/mol. The number of H-pyrrole nitrogens is 1. The van der Waals surface area contributed by atoms with Gasteiger partial charge in [-0.3, -0.25) is 14.9 Å². The molecule has 11 heteroatoms. The largest absolute Gasteiger partial charge is 0.418 e. The Balaban J connectivity index is 1.72. The minimum Gasteiger partial charge on any atom is -0.333 e. The Morgan fingerprint density at radius 3 is 2.71 bits per heavy atom. The number of amides is 1. The summed E-state index contributed by atoms with van der Waals surface area (Å²) in [6.07, 6.45) is -4.85. The van der Waals surface area contributed by atoms with E-state index in [-0.39, 0.29) is 5.75 Å². The average Bonchev–Trinajstić information content (AvgIpc) is 3.01. The third-order valence-corrected chi connectivity index (χ3v) is 4.62. The third kappa shape index (κ3) is 4.42. The van der Waals surface area contributed by atoms with Gasteiger partial charge in [0.2, 0.25) is 5.91 Å². The van der Waals surface area contributed by atoms with Crippen LogP contribution in [0, 0.1) is 17.0 Å². The van der Waals surface area contributed by atoms with Gasteiger partial charge in [-0.15, -0.1) is 0 Å². The highest BCUT2D eigenvalue weighted by molar-refractivity contribution is 7.99. The average molecular weight is 410 g/mol. The molecule has 28 heavy (non-hydrogen) atoms. The van der Waals surface area contributed by atoms with Gasteiger partial charge in [0.05, 0.1) is 33.0 Å². The molecule has 0 atom stereocenters. The Morgan fingerprint density at radius 2 is 2.04 bits per heavy atom. The standard InChI is InChI=1S/C17H13F3N4O3S/c1-9-2-4-13-14(6-9)23-16(22-13)28-8-15(25)21-12-5-3-10(24(26)27)7-11(12)17(18,19)20/h2-7H,8H2,1H3,(H,21,25)(H,22,23). The van der Waals surface area contributed by atoms with E-state index in [1.165, 1.54) is 0 Å². The maximum absolute atomic E-state index is 13.1. The maximum Gasteiger partial charge on any atom is 0.418 e. The summed E-state index contributed by atoms with van der Waals surface area (Å²) in [4.78, 5) is 29.2. The fourth-order valence-corrected chi connectivity index (χ4v) is 3.16. The zero-order chi connectivity index (χ0) is 20.5. The number of hydrogen-bond donors (Lipinski definition) is 2. The van der Waals surface area contributed by atoms with E-state index >= 15 is 0 Å². The normalized spacial score (nSPS) is 11.6. The lowest BCUT2D eigenvalue weighted by Gasteiger charge is -2.13. The first-order valence-electron chi connectivity index (χ1n) is 7.88. The van der Waals surface area contributed by atoms with Gasteiger partial charge in [0.25, 0.3) is 5.69 Å². The maximum atomic E-state index is 13.1. The van der Waals surface area contributed by atoms with Crippen LogP contribution >= 0.6 is 11.8 Å². The molecule has 7 nitrogen and oxygen atoms in total. The van der Waals surface area contributed by atoms with Gasteiger partial charge >= 0.3 is 6.18 Å². The number of aromatic amines is 1. The Morgan fingerprint density at radius 1 is 1.29 bits per heavy atom. The zero-order valence-corrected chi connectivity index (χ0v) is 15.1. The topological polar surface area (TPSA) is 101 Å². The minimum absolute atomic E-state index is 0.187. The summed E-state index contributed by atoms with van der Waals surface area (Å²) in [5.74, 6) is -0.881. The lowest BCUT2D eigenvalue weighted by molar-refractivity contribution is -0.385. The SMILES string of the molecule is Cc1ccc2nc(SCC(=O)Nc3ccc([N+](=O)[O-])cc3C(F)(F)F)[nH]c2c1. The van der Waals surface area contributed by atoms with Gasteiger partial charge in [0, 0.05) is 12.1 Å². The molecule has 3 aromatic rings. The fourth-order valence-electron chi connectivity index (χ4n) is 2.48. The Labute approximate surface area is 160 Å². The molecule has 0 bridgehead atoms. The second-order valence-corrected chi connectivity index (χ2v) is 6.85. The predicted molar refractivity (Wildman–Crippen MR) is 98.3 cm³/mol. The molecule has 3 rings (SSSR count). The summed E-state index contributed by atoms with van der Waals surface area (Å²) in [7, 11) is 0. The first kappa shape index (κ1) is 19.7. The van der Waals surface area contributed by atoms with Crippen LogP contribution in [0.5, 0.6) is 0 Å². The van der Waals surface area contributed by atoms with E-state index in [2.05, 4.69) is 15.3 Å². The molecule has 2 aromatic carbocycles. The van der Waals surface area contributed by atoms with Crippen LogP contribution in [0.1, 0.15) is 11.1 Å². The van der Waals surface area contributed by atoms with E-state index in [1.807, 2.05) is 25.1 Å². The number of rotatable bonds is 5. The number of non-ortho nitro benzene ring substituents is 1. The van der Waals surface area contributed by atoms with Crippen LogP contribution in [0.4, 0.5) is 24.5 Å². The summed E-state index contributed by atoms with van der Waals surface area (Å²) < 4.78 is 39.4. The van der Waals surface area contributed by atoms with Gasteiger partial charge in [0.15, 0.2) is 5.16 Å². The van der Waals surface area contributed by atoms with Crippen molar-refractivity contribution in [1.29, 1.82) is 0 Å². The Bertz CT molecular complexity index is 1070. The van der Waals surface area contributed by atoms with Gasteiger partial charge < -0.3 is 10.3 Å². The second-order valence-electron chi connectivity index (χ2n) is 5.88. The van der Waals surface area contributed by atoms with Gasteiger partial charge in [-0.25, -0.2) is 4.98 Å².